The molecule has 0 aromatic heterocycles. The molecular formula is C13H20N2O2. The van der Waals surface area contributed by atoms with Gasteiger partial charge in [0, 0.05) is 12.2 Å². The number of hydrogen-bond acceptors (Lipinski definition) is 3. The van der Waals surface area contributed by atoms with E-state index in [0.717, 1.165) is 18.4 Å². The summed E-state index contributed by atoms with van der Waals surface area (Å²) in [4.78, 5) is 11.9. The van der Waals surface area contributed by atoms with E-state index < -0.39 is 0 Å². The number of amides is 1. The monoisotopic (exact) mass is 236 g/mol. The number of benzene rings is 1. The number of nitrogens with two attached hydrogens (primary N) is 1. The lowest BCUT2D eigenvalue weighted by Gasteiger charge is -2.14. The SMILES string of the molecule is CCCC(CN)C(=O)Nc1ccc(O)c(C)c1. The maximum Gasteiger partial charge on any atom is 0.228 e. The van der Waals surface area contributed by atoms with Crippen LogP contribution in [0.2, 0.25) is 0 Å². The topological polar surface area (TPSA) is 75.4 Å². The van der Waals surface area contributed by atoms with Crippen LogP contribution in [0.5, 0.6) is 5.75 Å². The van der Waals surface area contributed by atoms with E-state index in [0.29, 0.717) is 12.2 Å². The first kappa shape index (κ1) is 13.5. The molecule has 0 aliphatic heterocycles. The van der Waals surface area contributed by atoms with Crippen LogP contribution in [0.1, 0.15) is 25.3 Å². The van der Waals surface area contributed by atoms with E-state index in [4.69, 9.17) is 5.73 Å². The van der Waals surface area contributed by atoms with Crippen molar-refractivity contribution in [2.45, 2.75) is 26.7 Å². The summed E-state index contributed by atoms with van der Waals surface area (Å²) in [6.45, 7) is 4.18. The zero-order chi connectivity index (χ0) is 12.8. The summed E-state index contributed by atoms with van der Waals surface area (Å²) in [7, 11) is 0. The molecule has 4 nitrogen and oxygen atoms in total. The third kappa shape index (κ3) is 3.75. The Morgan fingerprint density at radius 2 is 2.24 bits per heavy atom. The van der Waals surface area contributed by atoms with Crippen LogP contribution in [0.15, 0.2) is 18.2 Å². The van der Waals surface area contributed by atoms with Gasteiger partial charge in [0.15, 0.2) is 0 Å². The average Bonchev–Trinajstić information content (AvgIpc) is 2.30. The van der Waals surface area contributed by atoms with Gasteiger partial charge < -0.3 is 16.2 Å². The fraction of sp³-hybridized carbons (Fsp3) is 0.462. The summed E-state index contributed by atoms with van der Waals surface area (Å²) in [5, 5.41) is 12.2. The highest BCUT2D eigenvalue weighted by Crippen LogP contribution is 2.20. The molecule has 0 saturated heterocycles. The molecule has 1 unspecified atom stereocenters. The van der Waals surface area contributed by atoms with E-state index in [9.17, 15) is 9.90 Å². The van der Waals surface area contributed by atoms with Crippen molar-refractivity contribution < 1.29 is 9.90 Å². The maximum atomic E-state index is 11.9. The van der Waals surface area contributed by atoms with E-state index in [-0.39, 0.29) is 17.6 Å². The Hall–Kier alpha value is -1.55. The van der Waals surface area contributed by atoms with Crippen LogP contribution in [0.4, 0.5) is 5.69 Å². The van der Waals surface area contributed by atoms with Gasteiger partial charge in [-0.15, -0.1) is 0 Å². The summed E-state index contributed by atoms with van der Waals surface area (Å²) >= 11 is 0. The zero-order valence-electron chi connectivity index (χ0n) is 10.4. The van der Waals surface area contributed by atoms with Crippen LogP contribution in [-0.4, -0.2) is 17.6 Å². The second-order valence-electron chi connectivity index (χ2n) is 4.21. The number of anilines is 1. The zero-order valence-corrected chi connectivity index (χ0v) is 10.4. The first-order valence-corrected chi connectivity index (χ1v) is 5.89. The Bertz CT molecular complexity index is 391. The van der Waals surface area contributed by atoms with Gasteiger partial charge in [0.05, 0.1) is 5.92 Å². The lowest BCUT2D eigenvalue weighted by Crippen LogP contribution is -2.29. The van der Waals surface area contributed by atoms with Crippen molar-refractivity contribution in [2.24, 2.45) is 11.7 Å². The molecule has 0 heterocycles. The van der Waals surface area contributed by atoms with Gasteiger partial charge in [0.25, 0.3) is 0 Å². The first-order chi connectivity index (χ1) is 8.08. The van der Waals surface area contributed by atoms with Crippen molar-refractivity contribution in [3.8, 4) is 5.75 Å². The summed E-state index contributed by atoms with van der Waals surface area (Å²) in [6.07, 6.45) is 1.73. The molecule has 0 radical (unpaired) electrons. The molecule has 1 aromatic rings. The Morgan fingerprint density at radius 3 is 2.76 bits per heavy atom. The third-order valence-electron chi connectivity index (χ3n) is 2.76. The number of carbonyl (C=O) groups excluding carboxylic acids is 1. The van der Waals surface area contributed by atoms with Crippen molar-refractivity contribution in [2.75, 3.05) is 11.9 Å². The summed E-state index contributed by atoms with van der Waals surface area (Å²) in [5.41, 5.74) is 7.00. The number of nitrogens with one attached hydrogen (secondary N) is 1. The highest BCUT2D eigenvalue weighted by molar-refractivity contribution is 5.92. The van der Waals surface area contributed by atoms with Crippen LogP contribution in [0, 0.1) is 12.8 Å². The quantitative estimate of drug-likeness (QED) is 0.684. The van der Waals surface area contributed by atoms with E-state index in [1.807, 2.05) is 6.92 Å². The fourth-order valence-electron chi connectivity index (χ4n) is 1.68. The minimum absolute atomic E-state index is 0.0561. The van der Waals surface area contributed by atoms with Gasteiger partial charge in [0.2, 0.25) is 5.91 Å². The molecule has 0 saturated carbocycles. The highest BCUT2D eigenvalue weighted by atomic mass is 16.3. The lowest BCUT2D eigenvalue weighted by molar-refractivity contribution is -0.119. The normalized spacial score (nSPS) is 12.2. The van der Waals surface area contributed by atoms with Gasteiger partial charge in [-0.1, -0.05) is 13.3 Å². The molecule has 0 bridgehead atoms. The number of phenolic OH excluding ortho intramolecular Hbond substituents is 1. The number of carbonyl (C=O) groups is 1. The third-order valence-corrected chi connectivity index (χ3v) is 2.76. The molecule has 0 fully saturated rings. The van der Waals surface area contributed by atoms with Crippen LogP contribution >= 0.6 is 0 Å². The molecule has 4 N–H and O–H groups in total. The summed E-state index contributed by atoms with van der Waals surface area (Å²) in [6, 6.07) is 4.99. The Labute approximate surface area is 102 Å². The van der Waals surface area contributed by atoms with Crippen LogP contribution in [0.3, 0.4) is 0 Å². The first-order valence-electron chi connectivity index (χ1n) is 5.89. The molecular weight excluding hydrogens is 216 g/mol. The number of aryl methyl sites for hydroxylation is 1. The van der Waals surface area contributed by atoms with E-state index in [1.165, 1.54) is 0 Å². The van der Waals surface area contributed by atoms with E-state index in [1.54, 1.807) is 25.1 Å². The van der Waals surface area contributed by atoms with Crippen LogP contribution in [-0.2, 0) is 4.79 Å². The Morgan fingerprint density at radius 1 is 1.53 bits per heavy atom. The highest BCUT2D eigenvalue weighted by Gasteiger charge is 2.15. The Kier molecular flexibility index (Phi) is 4.97. The predicted molar refractivity (Wildman–Crippen MR) is 68.9 cm³/mol. The van der Waals surface area contributed by atoms with E-state index in [2.05, 4.69) is 5.32 Å². The van der Waals surface area contributed by atoms with Gasteiger partial charge in [-0.2, -0.15) is 0 Å². The second kappa shape index (κ2) is 6.25. The molecule has 4 heteroatoms. The molecule has 1 atom stereocenters. The minimum atomic E-state index is -0.144. The molecule has 1 aromatic carbocycles. The molecule has 0 spiro atoms. The standard InChI is InChI=1S/C13H20N2O2/c1-3-4-10(8-14)13(17)15-11-5-6-12(16)9(2)7-11/h5-7,10,16H,3-4,8,14H2,1-2H3,(H,15,17). The minimum Gasteiger partial charge on any atom is -0.508 e. The van der Waals surface area contributed by atoms with Crippen LogP contribution < -0.4 is 11.1 Å². The number of aromatic hydroxyl groups is 1. The average molecular weight is 236 g/mol. The molecule has 1 rings (SSSR count). The van der Waals surface area contributed by atoms with Crippen molar-refractivity contribution in [1.82, 2.24) is 0 Å². The molecule has 94 valence electrons. The van der Waals surface area contributed by atoms with Gasteiger partial charge in [-0.3, -0.25) is 4.79 Å². The molecule has 1 amide bonds. The van der Waals surface area contributed by atoms with Crippen LogP contribution in [0.25, 0.3) is 0 Å². The smallest absolute Gasteiger partial charge is 0.228 e. The number of rotatable bonds is 5. The number of hydrogen-bond donors (Lipinski definition) is 3. The Balaban J connectivity index is 2.69. The molecule has 17 heavy (non-hydrogen) atoms. The van der Waals surface area contributed by atoms with Gasteiger partial charge in [-0.25, -0.2) is 0 Å². The van der Waals surface area contributed by atoms with Crippen molar-refractivity contribution in [3.63, 3.8) is 0 Å². The fourth-order valence-corrected chi connectivity index (χ4v) is 1.68. The second-order valence-corrected chi connectivity index (χ2v) is 4.21. The van der Waals surface area contributed by atoms with Crippen molar-refractivity contribution in [1.29, 1.82) is 0 Å². The summed E-state index contributed by atoms with van der Waals surface area (Å²) < 4.78 is 0. The van der Waals surface area contributed by atoms with Crippen molar-refractivity contribution in [3.05, 3.63) is 23.8 Å². The number of phenols is 1. The maximum absolute atomic E-state index is 11.9. The van der Waals surface area contributed by atoms with Gasteiger partial charge >= 0.3 is 0 Å². The molecule has 0 aliphatic carbocycles. The molecule has 0 aliphatic rings. The van der Waals surface area contributed by atoms with E-state index >= 15 is 0 Å². The lowest BCUT2D eigenvalue weighted by atomic mass is 10.0. The van der Waals surface area contributed by atoms with Gasteiger partial charge in [-0.05, 0) is 37.1 Å². The summed E-state index contributed by atoms with van der Waals surface area (Å²) in [5.74, 6) is 0.0282. The van der Waals surface area contributed by atoms with Gasteiger partial charge in [0.1, 0.15) is 5.75 Å². The predicted octanol–water partition coefficient (Wildman–Crippen LogP) is 2.01. The largest absolute Gasteiger partial charge is 0.508 e. The van der Waals surface area contributed by atoms with Crippen molar-refractivity contribution >= 4 is 11.6 Å².